The van der Waals surface area contributed by atoms with Crippen LogP contribution in [0.4, 0.5) is 5.82 Å². The van der Waals surface area contributed by atoms with E-state index in [9.17, 15) is 4.79 Å². The molecule has 0 aromatic carbocycles. The molecule has 0 bridgehead atoms. The maximum absolute atomic E-state index is 11.0. The number of aromatic nitrogens is 4. The van der Waals surface area contributed by atoms with Gasteiger partial charge in [0.15, 0.2) is 0 Å². The standard InChI is InChI=1S/C21H23N5O3/c1-13-10-26(11-14(2)29-13)21-6-4-5-17(25-21)20-9-23-19-8-22-16(7-18(19)24-20)12-28-15(3)27/h4-9,13-14H,10-12H2,1-3H3/t13-,14+. The third-order valence-corrected chi connectivity index (χ3v) is 4.65. The molecular formula is C21H23N5O3. The van der Waals surface area contributed by atoms with Crippen molar-refractivity contribution in [2.24, 2.45) is 0 Å². The number of hydrogen-bond acceptors (Lipinski definition) is 8. The first kappa shape index (κ1) is 19.2. The maximum atomic E-state index is 11.0. The Morgan fingerprint density at radius 3 is 2.66 bits per heavy atom. The SMILES string of the molecule is CC(=O)OCc1cc2nc(-c3cccc(N4C[C@@H](C)O[C@@H](C)C4)n3)cnc2cn1. The Labute approximate surface area is 168 Å². The van der Waals surface area contributed by atoms with Crippen molar-refractivity contribution < 1.29 is 14.3 Å². The number of pyridine rings is 2. The lowest BCUT2D eigenvalue weighted by molar-refractivity contribution is -0.142. The molecule has 1 fully saturated rings. The molecular weight excluding hydrogens is 370 g/mol. The largest absolute Gasteiger partial charge is 0.459 e. The normalized spacial score (nSPS) is 19.3. The summed E-state index contributed by atoms with van der Waals surface area (Å²) in [5.41, 5.74) is 3.41. The van der Waals surface area contributed by atoms with Crippen LogP contribution in [0, 0.1) is 0 Å². The highest BCUT2D eigenvalue weighted by molar-refractivity contribution is 5.76. The number of nitrogens with zero attached hydrogens (tertiary/aromatic N) is 5. The molecule has 0 unspecified atom stereocenters. The molecule has 8 nitrogen and oxygen atoms in total. The molecule has 3 aromatic rings. The molecule has 1 saturated heterocycles. The van der Waals surface area contributed by atoms with Gasteiger partial charge in [-0.2, -0.15) is 0 Å². The molecule has 8 heteroatoms. The molecule has 150 valence electrons. The van der Waals surface area contributed by atoms with Gasteiger partial charge in [-0.25, -0.2) is 9.97 Å². The van der Waals surface area contributed by atoms with Crippen LogP contribution in [0.15, 0.2) is 36.7 Å². The van der Waals surface area contributed by atoms with Gasteiger partial charge in [-0.05, 0) is 32.0 Å². The lowest BCUT2D eigenvalue weighted by Crippen LogP contribution is -2.45. The van der Waals surface area contributed by atoms with Crippen molar-refractivity contribution in [3.8, 4) is 11.4 Å². The number of ether oxygens (including phenoxy) is 2. The Balaban J connectivity index is 1.63. The molecule has 1 aliphatic heterocycles. The molecule has 0 N–H and O–H groups in total. The van der Waals surface area contributed by atoms with Gasteiger partial charge in [0.05, 0.1) is 41.5 Å². The van der Waals surface area contributed by atoms with E-state index in [0.29, 0.717) is 22.4 Å². The first-order chi connectivity index (χ1) is 14.0. The van der Waals surface area contributed by atoms with E-state index in [1.807, 2.05) is 18.2 Å². The highest BCUT2D eigenvalue weighted by atomic mass is 16.5. The molecule has 3 aromatic heterocycles. The summed E-state index contributed by atoms with van der Waals surface area (Å²) in [6.45, 7) is 7.22. The summed E-state index contributed by atoms with van der Waals surface area (Å²) in [7, 11) is 0. The van der Waals surface area contributed by atoms with Crippen molar-refractivity contribution in [2.45, 2.75) is 39.6 Å². The number of anilines is 1. The van der Waals surface area contributed by atoms with Gasteiger partial charge < -0.3 is 14.4 Å². The molecule has 0 radical (unpaired) electrons. The molecule has 1 aliphatic rings. The minimum atomic E-state index is -0.348. The topological polar surface area (TPSA) is 90.3 Å². The lowest BCUT2D eigenvalue weighted by Gasteiger charge is -2.36. The number of carbonyl (C=O) groups is 1. The Hall–Kier alpha value is -3.13. The van der Waals surface area contributed by atoms with Crippen molar-refractivity contribution in [1.29, 1.82) is 0 Å². The van der Waals surface area contributed by atoms with Crippen LogP contribution in [0.3, 0.4) is 0 Å². The summed E-state index contributed by atoms with van der Waals surface area (Å²) in [4.78, 5) is 31.5. The second-order valence-corrected chi connectivity index (χ2v) is 7.24. The lowest BCUT2D eigenvalue weighted by atomic mass is 10.2. The van der Waals surface area contributed by atoms with Crippen LogP contribution >= 0.6 is 0 Å². The van der Waals surface area contributed by atoms with Gasteiger partial charge in [-0.3, -0.25) is 14.8 Å². The molecule has 0 amide bonds. The monoisotopic (exact) mass is 393 g/mol. The van der Waals surface area contributed by atoms with Crippen molar-refractivity contribution in [1.82, 2.24) is 19.9 Å². The van der Waals surface area contributed by atoms with Crippen LogP contribution in [-0.2, 0) is 20.9 Å². The Morgan fingerprint density at radius 2 is 1.90 bits per heavy atom. The minimum Gasteiger partial charge on any atom is -0.459 e. The zero-order valence-corrected chi connectivity index (χ0v) is 16.7. The predicted octanol–water partition coefficient (Wildman–Crippen LogP) is 2.76. The predicted molar refractivity (Wildman–Crippen MR) is 108 cm³/mol. The molecule has 4 rings (SSSR count). The molecule has 2 atom stereocenters. The fourth-order valence-electron chi connectivity index (χ4n) is 3.44. The van der Waals surface area contributed by atoms with Crippen LogP contribution in [0.2, 0.25) is 0 Å². The number of hydrogen-bond donors (Lipinski definition) is 0. The maximum Gasteiger partial charge on any atom is 0.303 e. The van der Waals surface area contributed by atoms with E-state index in [-0.39, 0.29) is 24.8 Å². The van der Waals surface area contributed by atoms with Crippen LogP contribution in [-0.4, -0.2) is 51.2 Å². The second kappa shape index (κ2) is 8.08. The molecule has 0 spiro atoms. The van der Waals surface area contributed by atoms with Crippen molar-refractivity contribution in [2.75, 3.05) is 18.0 Å². The fourth-order valence-corrected chi connectivity index (χ4v) is 3.44. The van der Waals surface area contributed by atoms with E-state index in [1.165, 1.54) is 6.92 Å². The number of fused-ring (bicyclic) bond motifs is 1. The van der Waals surface area contributed by atoms with Crippen molar-refractivity contribution in [3.05, 3.63) is 42.4 Å². The number of esters is 1. The van der Waals surface area contributed by atoms with E-state index in [4.69, 9.17) is 19.4 Å². The summed E-state index contributed by atoms with van der Waals surface area (Å²) in [6, 6.07) is 7.69. The number of morpholine rings is 1. The number of rotatable bonds is 4. The van der Waals surface area contributed by atoms with Gasteiger partial charge in [0.2, 0.25) is 0 Å². The Bertz CT molecular complexity index is 1030. The first-order valence-electron chi connectivity index (χ1n) is 9.61. The fraction of sp³-hybridized carbons (Fsp3) is 0.381. The zero-order valence-electron chi connectivity index (χ0n) is 16.7. The summed E-state index contributed by atoms with van der Waals surface area (Å²) in [6.07, 6.45) is 3.65. The van der Waals surface area contributed by atoms with Crippen molar-refractivity contribution >= 4 is 22.8 Å². The van der Waals surface area contributed by atoms with E-state index < -0.39 is 0 Å². The second-order valence-electron chi connectivity index (χ2n) is 7.24. The average Bonchev–Trinajstić information content (AvgIpc) is 2.71. The van der Waals surface area contributed by atoms with Crippen LogP contribution in [0.5, 0.6) is 0 Å². The highest BCUT2D eigenvalue weighted by Gasteiger charge is 2.23. The third kappa shape index (κ3) is 4.48. The summed E-state index contributed by atoms with van der Waals surface area (Å²) in [5.74, 6) is 0.552. The number of carbonyl (C=O) groups excluding carboxylic acids is 1. The molecule has 0 saturated carbocycles. The van der Waals surface area contributed by atoms with Gasteiger partial charge in [0.25, 0.3) is 0 Å². The molecule has 29 heavy (non-hydrogen) atoms. The van der Waals surface area contributed by atoms with Gasteiger partial charge in [0.1, 0.15) is 23.6 Å². The van der Waals surface area contributed by atoms with Crippen LogP contribution in [0.1, 0.15) is 26.5 Å². The zero-order chi connectivity index (χ0) is 20.4. The van der Waals surface area contributed by atoms with Crippen molar-refractivity contribution in [3.63, 3.8) is 0 Å². The summed E-state index contributed by atoms with van der Waals surface area (Å²) >= 11 is 0. The minimum absolute atomic E-state index is 0.109. The van der Waals surface area contributed by atoms with Crippen LogP contribution in [0.25, 0.3) is 22.4 Å². The molecule has 4 heterocycles. The van der Waals surface area contributed by atoms with Gasteiger partial charge >= 0.3 is 5.97 Å². The third-order valence-electron chi connectivity index (χ3n) is 4.65. The Morgan fingerprint density at radius 1 is 1.10 bits per heavy atom. The summed E-state index contributed by atoms with van der Waals surface area (Å²) in [5, 5.41) is 0. The quantitative estimate of drug-likeness (QED) is 0.625. The highest BCUT2D eigenvalue weighted by Crippen LogP contribution is 2.23. The Kier molecular flexibility index (Phi) is 5.35. The van der Waals surface area contributed by atoms with E-state index >= 15 is 0 Å². The van der Waals surface area contributed by atoms with Crippen LogP contribution < -0.4 is 4.90 Å². The van der Waals surface area contributed by atoms with Gasteiger partial charge in [-0.15, -0.1) is 0 Å². The van der Waals surface area contributed by atoms with Gasteiger partial charge in [-0.1, -0.05) is 6.07 Å². The van der Waals surface area contributed by atoms with Gasteiger partial charge in [0, 0.05) is 20.0 Å². The van der Waals surface area contributed by atoms with E-state index in [1.54, 1.807) is 18.5 Å². The summed E-state index contributed by atoms with van der Waals surface area (Å²) < 4.78 is 10.8. The van der Waals surface area contributed by atoms with E-state index in [0.717, 1.165) is 24.6 Å². The molecule has 0 aliphatic carbocycles. The average molecular weight is 393 g/mol. The van der Waals surface area contributed by atoms with E-state index in [2.05, 4.69) is 28.7 Å². The smallest absolute Gasteiger partial charge is 0.303 e. The first-order valence-corrected chi connectivity index (χ1v) is 9.61.